The fourth-order valence-corrected chi connectivity index (χ4v) is 4.27. The Morgan fingerprint density at radius 3 is 2.81 bits per heavy atom. The van der Waals surface area contributed by atoms with Gasteiger partial charge in [-0.15, -0.1) is 11.3 Å². The molecule has 0 saturated heterocycles. The van der Waals surface area contributed by atoms with E-state index in [1.54, 1.807) is 12.3 Å². The number of imidazole rings is 1. The van der Waals surface area contributed by atoms with Gasteiger partial charge in [0.2, 0.25) is 5.95 Å². The van der Waals surface area contributed by atoms with Gasteiger partial charge in [-0.3, -0.25) is 0 Å². The van der Waals surface area contributed by atoms with E-state index in [9.17, 15) is 8.42 Å². The van der Waals surface area contributed by atoms with Crippen molar-refractivity contribution in [2.75, 3.05) is 4.72 Å². The molecule has 0 amide bonds. The molecular formula is C8H8BrN3O2S2. The number of nitrogens with one attached hydrogen (secondary N) is 2. The first kappa shape index (κ1) is 11.6. The number of nitrogens with zero attached hydrogens (tertiary/aromatic N) is 1. The van der Waals surface area contributed by atoms with E-state index in [4.69, 9.17) is 0 Å². The minimum Gasteiger partial charge on any atom is -0.330 e. The molecule has 2 aromatic rings. The first-order chi connectivity index (χ1) is 7.49. The van der Waals surface area contributed by atoms with Gasteiger partial charge in [0.25, 0.3) is 10.0 Å². The predicted molar refractivity (Wildman–Crippen MR) is 66.2 cm³/mol. The first-order valence-corrected chi connectivity index (χ1v) is 7.36. The Bertz CT molecular complexity index is 569. The largest absolute Gasteiger partial charge is 0.330 e. The van der Waals surface area contributed by atoms with Crippen LogP contribution in [-0.2, 0) is 10.0 Å². The van der Waals surface area contributed by atoms with Crippen molar-refractivity contribution in [1.29, 1.82) is 0 Å². The van der Waals surface area contributed by atoms with Crippen LogP contribution in [0.5, 0.6) is 0 Å². The molecule has 16 heavy (non-hydrogen) atoms. The predicted octanol–water partition coefficient (Wildman–Crippen LogP) is 2.34. The Hall–Kier alpha value is -0.860. The maximum atomic E-state index is 11.9. The second-order valence-corrected chi connectivity index (χ2v) is 7.34. The molecule has 8 heteroatoms. The number of aromatic amines is 1. The van der Waals surface area contributed by atoms with E-state index in [-0.39, 0.29) is 10.2 Å². The molecule has 0 spiro atoms. The molecule has 0 saturated carbocycles. The van der Waals surface area contributed by atoms with Crippen LogP contribution in [0.2, 0.25) is 0 Å². The maximum absolute atomic E-state index is 11.9. The van der Waals surface area contributed by atoms with Crippen molar-refractivity contribution >= 4 is 43.2 Å². The molecular weight excluding hydrogens is 314 g/mol. The second-order valence-electron chi connectivity index (χ2n) is 3.07. The van der Waals surface area contributed by atoms with Crippen molar-refractivity contribution in [3.8, 4) is 0 Å². The zero-order valence-electron chi connectivity index (χ0n) is 8.19. The number of aryl methyl sites for hydroxylation is 1. The van der Waals surface area contributed by atoms with Gasteiger partial charge in [0.15, 0.2) is 0 Å². The van der Waals surface area contributed by atoms with E-state index in [0.717, 1.165) is 9.35 Å². The lowest BCUT2D eigenvalue weighted by molar-refractivity contribution is 0.603. The molecule has 2 aromatic heterocycles. The molecule has 2 heterocycles. The molecule has 0 radical (unpaired) electrons. The highest BCUT2D eigenvalue weighted by Gasteiger charge is 2.19. The van der Waals surface area contributed by atoms with E-state index in [0.29, 0.717) is 0 Å². The van der Waals surface area contributed by atoms with Crippen molar-refractivity contribution in [1.82, 2.24) is 9.97 Å². The minimum atomic E-state index is -3.54. The third-order valence-corrected chi connectivity index (χ3v) is 5.78. The van der Waals surface area contributed by atoms with Gasteiger partial charge >= 0.3 is 0 Å². The number of rotatable bonds is 3. The summed E-state index contributed by atoms with van der Waals surface area (Å²) in [6, 6.07) is 1.61. The van der Waals surface area contributed by atoms with E-state index in [2.05, 4.69) is 30.6 Å². The van der Waals surface area contributed by atoms with Crippen LogP contribution in [0, 0.1) is 6.92 Å². The molecule has 0 bridgehead atoms. The summed E-state index contributed by atoms with van der Waals surface area (Å²) in [5.41, 5.74) is 0.893. The van der Waals surface area contributed by atoms with Crippen molar-refractivity contribution in [2.45, 2.75) is 11.1 Å². The van der Waals surface area contributed by atoms with Crippen LogP contribution in [0.4, 0.5) is 5.95 Å². The smallest absolute Gasteiger partial charge is 0.273 e. The van der Waals surface area contributed by atoms with Gasteiger partial charge < -0.3 is 4.98 Å². The summed E-state index contributed by atoms with van der Waals surface area (Å²) < 4.78 is 27.2. The monoisotopic (exact) mass is 321 g/mol. The van der Waals surface area contributed by atoms with Gasteiger partial charge in [-0.1, -0.05) is 0 Å². The number of aromatic nitrogens is 2. The maximum Gasteiger partial charge on any atom is 0.273 e. The fourth-order valence-electron chi connectivity index (χ4n) is 1.06. The number of anilines is 1. The van der Waals surface area contributed by atoms with Gasteiger partial charge in [-0.05, 0) is 34.5 Å². The van der Waals surface area contributed by atoms with Gasteiger partial charge in [-0.25, -0.2) is 18.1 Å². The molecule has 0 aliphatic heterocycles. The summed E-state index contributed by atoms with van der Waals surface area (Å²) in [5.74, 6) is 0.210. The summed E-state index contributed by atoms with van der Waals surface area (Å²) in [6.45, 7) is 1.84. The van der Waals surface area contributed by atoms with E-state index < -0.39 is 10.0 Å². The number of hydrogen-bond donors (Lipinski definition) is 2. The van der Waals surface area contributed by atoms with Gasteiger partial charge in [0, 0.05) is 12.4 Å². The summed E-state index contributed by atoms with van der Waals surface area (Å²) in [7, 11) is -3.54. The highest BCUT2D eigenvalue weighted by molar-refractivity contribution is 9.11. The van der Waals surface area contributed by atoms with Crippen molar-refractivity contribution < 1.29 is 8.42 Å². The first-order valence-electron chi connectivity index (χ1n) is 4.27. The average molecular weight is 322 g/mol. The highest BCUT2D eigenvalue weighted by Crippen LogP contribution is 2.31. The normalized spacial score (nSPS) is 11.6. The Kier molecular flexibility index (Phi) is 3.04. The van der Waals surface area contributed by atoms with E-state index >= 15 is 0 Å². The minimum absolute atomic E-state index is 0.210. The molecule has 5 nitrogen and oxygen atoms in total. The van der Waals surface area contributed by atoms with Crippen LogP contribution in [0.1, 0.15) is 5.56 Å². The molecule has 0 aromatic carbocycles. The van der Waals surface area contributed by atoms with Crippen molar-refractivity contribution in [3.63, 3.8) is 0 Å². The van der Waals surface area contributed by atoms with Crippen LogP contribution in [0.15, 0.2) is 26.5 Å². The average Bonchev–Trinajstić information content (AvgIpc) is 2.78. The van der Waals surface area contributed by atoms with Crippen LogP contribution < -0.4 is 4.72 Å². The molecule has 0 aliphatic carbocycles. The third kappa shape index (κ3) is 2.28. The molecule has 0 unspecified atom stereocenters. The van der Waals surface area contributed by atoms with Crippen LogP contribution in [0.3, 0.4) is 0 Å². The molecule has 86 valence electrons. The van der Waals surface area contributed by atoms with Crippen molar-refractivity contribution in [3.05, 3.63) is 27.8 Å². The van der Waals surface area contributed by atoms with Gasteiger partial charge in [0.05, 0.1) is 3.79 Å². The zero-order valence-corrected chi connectivity index (χ0v) is 11.4. The molecule has 0 atom stereocenters. The summed E-state index contributed by atoms with van der Waals surface area (Å²) in [6.07, 6.45) is 3.03. The van der Waals surface area contributed by atoms with Crippen LogP contribution >= 0.6 is 27.3 Å². The standard InChI is InChI=1S/C8H8BrN3O2S2/c1-5-4-6(15-7(5)9)16(13,14)12-8-10-2-3-11-8/h2-4H,1H3,(H2,10,11,12). The lowest BCUT2D eigenvalue weighted by Crippen LogP contribution is -2.12. The Labute approximate surface area is 105 Å². The summed E-state index contributed by atoms with van der Waals surface area (Å²) >= 11 is 4.46. The Morgan fingerprint density at radius 1 is 1.56 bits per heavy atom. The van der Waals surface area contributed by atoms with E-state index in [1.165, 1.54) is 17.5 Å². The second kappa shape index (κ2) is 4.19. The lowest BCUT2D eigenvalue weighted by atomic mass is 10.4. The molecule has 0 aliphatic rings. The topological polar surface area (TPSA) is 74.8 Å². The van der Waals surface area contributed by atoms with Crippen LogP contribution in [0.25, 0.3) is 0 Å². The Morgan fingerprint density at radius 2 is 2.31 bits per heavy atom. The number of halogens is 1. The lowest BCUT2D eigenvalue weighted by Gasteiger charge is -2.01. The number of thiophene rings is 1. The van der Waals surface area contributed by atoms with Crippen LogP contribution in [-0.4, -0.2) is 18.4 Å². The quantitative estimate of drug-likeness (QED) is 0.911. The zero-order chi connectivity index (χ0) is 11.8. The summed E-state index contributed by atoms with van der Waals surface area (Å²) in [5, 5.41) is 0. The Balaban J connectivity index is 2.32. The third-order valence-electron chi connectivity index (χ3n) is 1.83. The molecule has 2 rings (SSSR count). The highest BCUT2D eigenvalue weighted by atomic mass is 79.9. The van der Waals surface area contributed by atoms with Gasteiger partial charge in [0.1, 0.15) is 4.21 Å². The van der Waals surface area contributed by atoms with E-state index in [1.807, 2.05) is 6.92 Å². The fraction of sp³-hybridized carbons (Fsp3) is 0.125. The van der Waals surface area contributed by atoms with Crippen molar-refractivity contribution in [2.24, 2.45) is 0 Å². The van der Waals surface area contributed by atoms with Gasteiger partial charge in [-0.2, -0.15) is 0 Å². The number of sulfonamides is 1. The molecule has 0 fully saturated rings. The summed E-state index contributed by atoms with van der Waals surface area (Å²) in [4.78, 5) is 6.48. The molecule has 2 N–H and O–H groups in total. The number of hydrogen-bond acceptors (Lipinski definition) is 4. The number of H-pyrrole nitrogens is 1. The SMILES string of the molecule is Cc1cc(S(=O)(=O)Nc2ncc[nH]2)sc1Br.